The van der Waals surface area contributed by atoms with Crippen molar-refractivity contribution >= 4 is 30.3 Å². The first-order chi connectivity index (χ1) is 22.0. The number of hydrogen-bond acceptors (Lipinski definition) is 10. The van der Waals surface area contributed by atoms with Crippen molar-refractivity contribution < 1.29 is 42.4 Å². The first kappa shape index (κ1) is 31.8. The van der Waals surface area contributed by atoms with Gasteiger partial charge in [-0.3, -0.25) is 28.6 Å². The minimum absolute atomic E-state index is 0.214. The lowest BCUT2D eigenvalue weighted by atomic mass is 10.1. The Bertz CT molecular complexity index is 1900. The van der Waals surface area contributed by atoms with E-state index in [2.05, 4.69) is 0 Å². The van der Waals surface area contributed by atoms with Crippen LogP contribution in [-0.2, 0) is 40.8 Å². The van der Waals surface area contributed by atoms with Gasteiger partial charge in [0.1, 0.15) is 12.3 Å². The molecule has 3 N–H and O–H groups in total. The van der Waals surface area contributed by atoms with Gasteiger partial charge in [0.25, 0.3) is 5.56 Å². The third-order valence-corrected chi connectivity index (χ3v) is 8.91. The van der Waals surface area contributed by atoms with Gasteiger partial charge in [-0.2, -0.15) is 4.39 Å². The molecule has 0 saturated carbocycles. The standard InChI is InChI=1S/C31H31FN3O10P/c1-18(30(38)45-46(40,41)42-17-27-26(36)15-28(43-27)34-16-24(32)29(37)33-31(34)39)35(25-12-6-10-19-7-4-5-11-23(19)25)44-22-13-20-8-2-3-9-21(20)14-22/h2-12,16,18,22,26-28,36H,13-15,17H2,1H3,(H,40,41)(H,33,37,39)/t18-,26-,27+,28+/m0/s1. The van der Waals surface area contributed by atoms with Crippen LogP contribution in [0.1, 0.15) is 30.7 Å². The molecule has 2 aliphatic rings. The number of ether oxygens (including phenoxy) is 1. The van der Waals surface area contributed by atoms with E-state index in [-0.39, 0.29) is 12.5 Å². The molecule has 0 bridgehead atoms. The number of H-pyrrole nitrogens is 1. The minimum atomic E-state index is -5.06. The molecule has 46 heavy (non-hydrogen) atoms. The van der Waals surface area contributed by atoms with Gasteiger partial charge in [0.2, 0.25) is 5.82 Å². The molecule has 1 fully saturated rings. The van der Waals surface area contributed by atoms with Crippen molar-refractivity contribution in [2.24, 2.45) is 0 Å². The molecule has 4 aromatic rings. The number of nitrogens with one attached hydrogen (secondary N) is 1. The van der Waals surface area contributed by atoms with Crippen molar-refractivity contribution in [1.82, 2.24) is 9.55 Å². The van der Waals surface area contributed by atoms with Crippen molar-refractivity contribution in [1.29, 1.82) is 0 Å². The molecule has 0 radical (unpaired) electrons. The van der Waals surface area contributed by atoms with Crippen molar-refractivity contribution in [3.8, 4) is 0 Å². The summed E-state index contributed by atoms with van der Waals surface area (Å²) in [5, 5.41) is 13.5. The van der Waals surface area contributed by atoms with Crippen LogP contribution in [0.3, 0.4) is 0 Å². The lowest BCUT2D eigenvalue weighted by molar-refractivity contribution is -0.140. The monoisotopic (exact) mass is 655 g/mol. The summed E-state index contributed by atoms with van der Waals surface area (Å²) in [5.41, 5.74) is 0.621. The van der Waals surface area contributed by atoms with E-state index in [4.69, 9.17) is 18.6 Å². The third kappa shape index (κ3) is 6.68. The molecular formula is C31H31FN3O10P. The Morgan fingerprint density at radius 1 is 1.11 bits per heavy atom. The van der Waals surface area contributed by atoms with Gasteiger partial charge in [-0.05, 0) is 29.5 Å². The van der Waals surface area contributed by atoms with E-state index in [1.165, 1.54) is 12.0 Å². The van der Waals surface area contributed by atoms with E-state index in [9.17, 15) is 33.3 Å². The molecule has 5 atom stereocenters. The van der Waals surface area contributed by atoms with Crippen molar-refractivity contribution in [2.45, 2.75) is 56.8 Å². The van der Waals surface area contributed by atoms with Gasteiger partial charge >= 0.3 is 19.5 Å². The number of hydrogen-bond donors (Lipinski definition) is 3. The summed E-state index contributed by atoms with van der Waals surface area (Å²) in [6.07, 6.45) is -2.44. The Morgan fingerprint density at radius 2 is 1.78 bits per heavy atom. The number of anilines is 1. The number of aliphatic hydroxyl groups is 1. The van der Waals surface area contributed by atoms with E-state index in [0.29, 0.717) is 24.7 Å². The van der Waals surface area contributed by atoms with Crippen LogP contribution in [0.2, 0.25) is 0 Å². The largest absolute Gasteiger partial charge is 0.529 e. The average Bonchev–Trinajstić information content (AvgIpc) is 3.62. The van der Waals surface area contributed by atoms with Gasteiger partial charge in [0.05, 0.1) is 30.7 Å². The molecule has 2 heterocycles. The normalized spacial score (nSPS) is 21.5. The Balaban J connectivity index is 1.15. The van der Waals surface area contributed by atoms with Crippen LogP contribution in [0.15, 0.2) is 82.5 Å². The van der Waals surface area contributed by atoms with Crippen LogP contribution in [0.5, 0.6) is 0 Å². The SMILES string of the molecule is C[C@@H](C(=O)OP(=O)(O)OC[C@H]1O[C@@H](n2cc(F)c(=O)[nH]c2=O)C[C@@H]1O)N(OC1Cc2ccccc2C1)c1cccc2ccccc12. The van der Waals surface area contributed by atoms with E-state index < -0.39 is 61.9 Å². The van der Waals surface area contributed by atoms with E-state index >= 15 is 0 Å². The second kappa shape index (κ2) is 12.9. The smallest absolute Gasteiger partial charge is 0.390 e. The van der Waals surface area contributed by atoms with Gasteiger partial charge in [0, 0.05) is 24.6 Å². The fraction of sp³-hybridized carbons (Fsp3) is 0.323. The Morgan fingerprint density at radius 3 is 2.52 bits per heavy atom. The summed E-state index contributed by atoms with van der Waals surface area (Å²) in [5.74, 6) is -2.35. The average molecular weight is 656 g/mol. The zero-order valence-electron chi connectivity index (χ0n) is 24.5. The highest BCUT2D eigenvalue weighted by molar-refractivity contribution is 7.48. The molecule has 0 amide bonds. The number of aliphatic hydroxyl groups excluding tert-OH is 1. The number of aromatic amines is 1. The summed E-state index contributed by atoms with van der Waals surface area (Å²) in [6, 6.07) is 19.7. The Kier molecular flexibility index (Phi) is 8.92. The van der Waals surface area contributed by atoms with Crippen LogP contribution in [0.25, 0.3) is 10.8 Å². The quantitative estimate of drug-likeness (QED) is 0.170. The molecule has 13 nitrogen and oxygen atoms in total. The van der Waals surface area contributed by atoms with Crippen LogP contribution in [0, 0.1) is 5.82 Å². The van der Waals surface area contributed by atoms with Crippen molar-refractivity contribution in [3.63, 3.8) is 0 Å². The lowest BCUT2D eigenvalue weighted by Crippen LogP contribution is -2.43. The highest BCUT2D eigenvalue weighted by Crippen LogP contribution is 2.45. The molecule has 0 spiro atoms. The first-order valence-corrected chi connectivity index (χ1v) is 16.0. The molecule has 1 saturated heterocycles. The first-order valence-electron chi connectivity index (χ1n) is 14.5. The van der Waals surface area contributed by atoms with Gasteiger partial charge in [-0.1, -0.05) is 60.7 Å². The van der Waals surface area contributed by atoms with Crippen LogP contribution < -0.4 is 16.3 Å². The number of carbonyl (C=O) groups excluding carboxylic acids is 1. The zero-order chi connectivity index (χ0) is 32.6. The lowest BCUT2D eigenvalue weighted by Gasteiger charge is -2.32. The second-order valence-corrected chi connectivity index (χ2v) is 12.5. The molecule has 242 valence electrons. The maximum atomic E-state index is 13.7. The van der Waals surface area contributed by atoms with Gasteiger partial charge in [0.15, 0.2) is 6.04 Å². The molecule has 1 aliphatic heterocycles. The Hall–Kier alpha value is -4.17. The van der Waals surface area contributed by atoms with Gasteiger partial charge in [-0.15, -0.1) is 0 Å². The summed E-state index contributed by atoms with van der Waals surface area (Å²) < 4.78 is 42.8. The minimum Gasteiger partial charge on any atom is -0.390 e. The summed E-state index contributed by atoms with van der Waals surface area (Å²) in [6.45, 7) is 0.763. The maximum Gasteiger partial charge on any atom is 0.529 e. The molecule has 6 rings (SSSR count). The van der Waals surface area contributed by atoms with Crippen LogP contribution in [-0.4, -0.2) is 56.5 Å². The van der Waals surface area contributed by atoms with Crippen molar-refractivity contribution in [2.75, 3.05) is 11.7 Å². The van der Waals surface area contributed by atoms with E-state index in [1.54, 1.807) is 11.1 Å². The van der Waals surface area contributed by atoms with Gasteiger partial charge in [-0.25, -0.2) is 19.2 Å². The molecular weight excluding hydrogens is 624 g/mol. The number of fused-ring (bicyclic) bond motifs is 2. The topological polar surface area (TPSA) is 170 Å². The number of hydroxylamine groups is 1. The predicted octanol–water partition coefficient (Wildman–Crippen LogP) is 3.13. The molecule has 1 aromatic heterocycles. The van der Waals surface area contributed by atoms with E-state index in [1.807, 2.05) is 60.7 Å². The number of nitrogens with zero attached hydrogens (tertiary/aromatic N) is 2. The molecule has 15 heteroatoms. The van der Waals surface area contributed by atoms with Gasteiger partial charge < -0.3 is 14.4 Å². The number of phosphoric acid groups is 1. The predicted molar refractivity (Wildman–Crippen MR) is 162 cm³/mol. The number of benzene rings is 3. The number of carbonyl (C=O) groups is 1. The highest BCUT2D eigenvalue weighted by atomic mass is 31.2. The highest BCUT2D eigenvalue weighted by Gasteiger charge is 2.40. The molecule has 1 aliphatic carbocycles. The number of aromatic nitrogens is 2. The van der Waals surface area contributed by atoms with Crippen LogP contribution >= 0.6 is 7.82 Å². The zero-order valence-corrected chi connectivity index (χ0v) is 25.4. The molecule has 3 aromatic carbocycles. The number of halogens is 1. The summed E-state index contributed by atoms with van der Waals surface area (Å²) in [4.78, 5) is 55.4. The molecule has 1 unspecified atom stereocenters. The fourth-order valence-corrected chi connectivity index (χ4v) is 6.47. The maximum absolute atomic E-state index is 13.7. The Labute approximate surface area is 261 Å². The fourth-order valence-electron chi connectivity index (χ4n) is 5.70. The van der Waals surface area contributed by atoms with Crippen LogP contribution in [0.4, 0.5) is 10.1 Å². The second-order valence-electron chi connectivity index (χ2n) is 11.2. The van der Waals surface area contributed by atoms with E-state index in [0.717, 1.165) is 26.5 Å². The number of phosphoric ester groups is 1. The number of rotatable bonds is 10. The third-order valence-electron chi connectivity index (χ3n) is 8.02. The van der Waals surface area contributed by atoms with Crippen molar-refractivity contribution in [3.05, 3.63) is 111 Å². The summed E-state index contributed by atoms with van der Waals surface area (Å²) >= 11 is 0. The summed E-state index contributed by atoms with van der Waals surface area (Å²) in [7, 11) is -5.06.